The van der Waals surface area contributed by atoms with Crippen LogP contribution in [0.1, 0.15) is 24.5 Å². The van der Waals surface area contributed by atoms with Crippen LogP contribution in [0.25, 0.3) is 0 Å². The van der Waals surface area contributed by atoms with Gasteiger partial charge >= 0.3 is 0 Å². The number of pyridine rings is 1. The third-order valence-corrected chi connectivity index (χ3v) is 6.49. The van der Waals surface area contributed by atoms with E-state index in [1.807, 2.05) is 60.8 Å². The average molecular weight is 432 g/mol. The Balaban J connectivity index is 1.32. The van der Waals surface area contributed by atoms with Crippen LogP contribution in [-0.4, -0.2) is 23.3 Å². The van der Waals surface area contributed by atoms with E-state index in [0.29, 0.717) is 6.54 Å². The smallest absolute Gasteiger partial charge is 0.229 e. The monoisotopic (exact) mass is 431 g/mol. The summed E-state index contributed by atoms with van der Waals surface area (Å²) in [7, 11) is 0. The van der Waals surface area contributed by atoms with Gasteiger partial charge in [-0.2, -0.15) is 0 Å². The van der Waals surface area contributed by atoms with Crippen LogP contribution in [0.15, 0.2) is 78.0 Å². The number of rotatable bonds is 7. The van der Waals surface area contributed by atoms with Gasteiger partial charge in [0.2, 0.25) is 11.8 Å². The van der Waals surface area contributed by atoms with Crippen molar-refractivity contribution in [2.75, 3.05) is 16.8 Å². The first-order chi connectivity index (χ1) is 15.1. The highest BCUT2D eigenvalue weighted by Crippen LogP contribution is 2.27. The fourth-order valence-corrected chi connectivity index (χ4v) is 4.41. The second kappa shape index (κ2) is 9.79. The third-order valence-electron chi connectivity index (χ3n) is 5.40. The summed E-state index contributed by atoms with van der Waals surface area (Å²) in [4.78, 5) is 32.2. The molecular weight excluding hydrogens is 406 g/mol. The Hall–Kier alpha value is -3.12. The van der Waals surface area contributed by atoms with Crippen molar-refractivity contribution in [2.45, 2.75) is 30.4 Å². The van der Waals surface area contributed by atoms with E-state index >= 15 is 0 Å². The standard InChI is InChI=1S/C25H25N3O2S/c1-2-18-5-9-22(10-6-18)28-16-20(14-24(28)29)25(30)27-21-7-11-23(12-8-21)31-17-19-4-3-13-26-15-19/h3-13,15,20H,2,14,16-17H2,1H3,(H,27,30). The highest BCUT2D eigenvalue weighted by atomic mass is 32.2. The molecule has 1 aliphatic rings. The minimum atomic E-state index is -0.349. The lowest BCUT2D eigenvalue weighted by Crippen LogP contribution is -2.28. The Labute approximate surface area is 186 Å². The summed E-state index contributed by atoms with van der Waals surface area (Å²) in [5.41, 5.74) is 4.00. The number of carbonyl (C=O) groups excluding carboxylic acids is 2. The van der Waals surface area contributed by atoms with Gasteiger partial charge in [0, 0.05) is 47.4 Å². The molecule has 3 aromatic rings. The average Bonchev–Trinajstić information content (AvgIpc) is 3.21. The fraction of sp³-hybridized carbons (Fsp3) is 0.240. The van der Waals surface area contributed by atoms with Gasteiger partial charge in [0.1, 0.15) is 0 Å². The SMILES string of the molecule is CCc1ccc(N2CC(C(=O)Nc3ccc(SCc4cccnc4)cc3)CC2=O)cc1. The molecule has 0 radical (unpaired) electrons. The maximum atomic E-state index is 12.7. The number of hydrogen-bond donors (Lipinski definition) is 1. The van der Waals surface area contributed by atoms with Gasteiger partial charge in [-0.25, -0.2) is 0 Å². The first-order valence-corrected chi connectivity index (χ1v) is 11.4. The van der Waals surface area contributed by atoms with Crippen molar-refractivity contribution in [2.24, 2.45) is 5.92 Å². The molecule has 1 aliphatic heterocycles. The highest BCUT2D eigenvalue weighted by molar-refractivity contribution is 7.98. The number of nitrogens with zero attached hydrogens (tertiary/aromatic N) is 2. The Morgan fingerprint density at radius 3 is 2.55 bits per heavy atom. The lowest BCUT2D eigenvalue weighted by molar-refractivity contribution is -0.122. The normalized spacial score (nSPS) is 15.8. The molecule has 1 aromatic heterocycles. The first kappa shape index (κ1) is 21.1. The Morgan fingerprint density at radius 2 is 1.87 bits per heavy atom. The molecule has 0 spiro atoms. The zero-order valence-electron chi connectivity index (χ0n) is 17.5. The van der Waals surface area contributed by atoms with Gasteiger partial charge in [-0.15, -0.1) is 11.8 Å². The molecular formula is C25H25N3O2S. The van der Waals surface area contributed by atoms with Crippen molar-refractivity contribution in [3.05, 3.63) is 84.2 Å². The number of nitrogens with one attached hydrogen (secondary N) is 1. The predicted octanol–water partition coefficient (Wildman–Crippen LogP) is 4.93. The number of hydrogen-bond acceptors (Lipinski definition) is 4. The lowest BCUT2D eigenvalue weighted by atomic mass is 10.1. The number of aromatic nitrogens is 1. The molecule has 4 rings (SSSR count). The van der Waals surface area contributed by atoms with E-state index in [9.17, 15) is 9.59 Å². The van der Waals surface area contributed by atoms with Crippen molar-refractivity contribution >= 4 is 35.0 Å². The number of aryl methyl sites for hydroxylation is 1. The second-order valence-electron chi connectivity index (χ2n) is 7.59. The van der Waals surface area contributed by atoms with Crippen molar-refractivity contribution in [3.8, 4) is 0 Å². The van der Waals surface area contributed by atoms with Crippen molar-refractivity contribution < 1.29 is 9.59 Å². The molecule has 31 heavy (non-hydrogen) atoms. The van der Waals surface area contributed by atoms with E-state index in [1.165, 1.54) is 11.1 Å². The van der Waals surface area contributed by atoms with Crippen LogP contribution < -0.4 is 10.2 Å². The molecule has 2 heterocycles. The highest BCUT2D eigenvalue weighted by Gasteiger charge is 2.35. The van der Waals surface area contributed by atoms with Gasteiger partial charge in [-0.05, 0) is 60.0 Å². The van der Waals surface area contributed by atoms with Gasteiger partial charge in [0.25, 0.3) is 0 Å². The number of carbonyl (C=O) groups is 2. The van der Waals surface area contributed by atoms with E-state index in [4.69, 9.17) is 0 Å². The molecule has 0 bridgehead atoms. The van der Waals surface area contributed by atoms with Crippen molar-refractivity contribution in [1.82, 2.24) is 4.98 Å². The molecule has 5 nitrogen and oxygen atoms in total. The van der Waals surface area contributed by atoms with E-state index in [-0.39, 0.29) is 24.2 Å². The molecule has 158 valence electrons. The van der Waals surface area contributed by atoms with Gasteiger partial charge < -0.3 is 10.2 Å². The van der Waals surface area contributed by atoms with E-state index in [0.717, 1.165) is 28.4 Å². The number of thioether (sulfide) groups is 1. The summed E-state index contributed by atoms with van der Waals surface area (Å²) in [6, 6.07) is 19.8. The van der Waals surface area contributed by atoms with Gasteiger partial charge in [0.15, 0.2) is 0 Å². The Morgan fingerprint density at radius 1 is 1.10 bits per heavy atom. The summed E-state index contributed by atoms with van der Waals surface area (Å²) in [6.45, 7) is 2.51. The minimum Gasteiger partial charge on any atom is -0.326 e. The molecule has 6 heteroatoms. The van der Waals surface area contributed by atoms with Crippen LogP contribution in [0.2, 0.25) is 0 Å². The Kier molecular flexibility index (Phi) is 6.67. The lowest BCUT2D eigenvalue weighted by Gasteiger charge is -2.17. The topological polar surface area (TPSA) is 62.3 Å². The summed E-state index contributed by atoms with van der Waals surface area (Å²) in [5.74, 6) is 0.375. The van der Waals surface area contributed by atoms with Crippen LogP contribution in [0.3, 0.4) is 0 Å². The quantitative estimate of drug-likeness (QED) is 0.539. The maximum Gasteiger partial charge on any atom is 0.229 e. The van der Waals surface area contributed by atoms with Crippen molar-refractivity contribution in [1.29, 1.82) is 0 Å². The van der Waals surface area contributed by atoms with Crippen LogP contribution in [0.4, 0.5) is 11.4 Å². The zero-order valence-corrected chi connectivity index (χ0v) is 18.3. The molecule has 0 aliphatic carbocycles. The molecule has 1 fully saturated rings. The summed E-state index contributed by atoms with van der Waals surface area (Å²) < 4.78 is 0. The number of amides is 2. The van der Waals surface area contributed by atoms with Crippen LogP contribution >= 0.6 is 11.8 Å². The molecule has 1 saturated heterocycles. The van der Waals surface area contributed by atoms with E-state index in [1.54, 1.807) is 22.9 Å². The molecule has 1 unspecified atom stereocenters. The van der Waals surface area contributed by atoms with E-state index in [2.05, 4.69) is 23.3 Å². The van der Waals surface area contributed by atoms with Gasteiger partial charge in [-0.3, -0.25) is 14.6 Å². The zero-order chi connectivity index (χ0) is 21.6. The number of anilines is 2. The third kappa shape index (κ3) is 5.33. The van der Waals surface area contributed by atoms with Crippen LogP contribution in [0.5, 0.6) is 0 Å². The summed E-state index contributed by atoms with van der Waals surface area (Å²) in [5, 5.41) is 2.96. The van der Waals surface area contributed by atoms with Gasteiger partial charge in [0.05, 0.1) is 5.92 Å². The molecule has 2 aromatic carbocycles. The molecule has 0 saturated carbocycles. The summed E-state index contributed by atoms with van der Waals surface area (Å²) in [6.07, 6.45) is 4.83. The second-order valence-corrected chi connectivity index (χ2v) is 8.64. The molecule has 2 amide bonds. The summed E-state index contributed by atoms with van der Waals surface area (Å²) >= 11 is 1.72. The maximum absolute atomic E-state index is 12.7. The number of benzene rings is 2. The first-order valence-electron chi connectivity index (χ1n) is 10.4. The Bertz CT molecular complexity index is 1040. The fourth-order valence-electron chi connectivity index (χ4n) is 3.57. The minimum absolute atomic E-state index is 0.00783. The van der Waals surface area contributed by atoms with Crippen LogP contribution in [-0.2, 0) is 21.8 Å². The molecule has 1 atom stereocenters. The van der Waals surface area contributed by atoms with Crippen LogP contribution in [0, 0.1) is 5.92 Å². The van der Waals surface area contributed by atoms with E-state index < -0.39 is 0 Å². The molecule has 1 N–H and O–H groups in total. The van der Waals surface area contributed by atoms with Gasteiger partial charge in [-0.1, -0.05) is 25.1 Å². The van der Waals surface area contributed by atoms with Crippen molar-refractivity contribution in [3.63, 3.8) is 0 Å². The largest absolute Gasteiger partial charge is 0.326 e. The predicted molar refractivity (Wildman–Crippen MR) is 125 cm³/mol.